The Morgan fingerprint density at radius 3 is 2.66 bits per heavy atom. The van der Waals surface area contributed by atoms with Crippen LogP contribution in [0.4, 0.5) is 5.69 Å². The number of ether oxygens (including phenoxy) is 2. The van der Waals surface area contributed by atoms with Crippen molar-refractivity contribution in [2.45, 2.75) is 13.8 Å². The molecule has 7 nitrogen and oxygen atoms in total. The van der Waals surface area contributed by atoms with E-state index in [9.17, 15) is 14.9 Å². The Kier molecular flexibility index (Phi) is 7.23. The number of carboxylic acid groups (broad SMARTS) is 1. The van der Waals surface area contributed by atoms with E-state index in [1.54, 1.807) is 6.07 Å². The Bertz CT molecular complexity index is 1020. The molecular formula is C21H19ClN2O5. The lowest BCUT2D eigenvalue weighted by molar-refractivity contribution is -0.139. The van der Waals surface area contributed by atoms with Gasteiger partial charge in [-0.05, 0) is 54.8 Å². The minimum Gasteiger partial charge on any atom is -0.493 e. The van der Waals surface area contributed by atoms with Crippen LogP contribution in [0.1, 0.15) is 16.7 Å². The maximum absolute atomic E-state index is 12.5. The SMILES string of the molecule is COc1cc(/C=C(\C#N)C(=O)Nc2cccc(C)c2C)cc(Cl)c1OCC(=O)O. The van der Waals surface area contributed by atoms with E-state index in [-0.39, 0.29) is 22.1 Å². The maximum Gasteiger partial charge on any atom is 0.341 e. The van der Waals surface area contributed by atoms with Crippen molar-refractivity contribution in [3.8, 4) is 17.6 Å². The summed E-state index contributed by atoms with van der Waals surface area (Å²) in [7, 11) is 1.37. The first-order chi connectivity index (χ1) is 13.8. The van der Waals surface area contributed by atoms with Crippen molar-refractivity contribution >= 4 is 35.2 Å². The van der Waals surface area contributed by atoms with E-state index < -0.39 is 18.5 Å². The Morgan fingerprint density at radius 1 is 1.31 bits per heavy atom. The van der Waals surface area contributed by atoms with Gasteiger partial charge >= 0.3 is 5.97 Å². The molecule has 0 saturated heterocycles. The minimum absolute atomic E-state index is 0.0621. The first-order valence-corrected chi connectivity index (χ1v) is 8.86. The van der Waals surface area contributed by atoms with Crippen molar-refractivity contribution in [2.75, 3.05) is 19.0 Å². The van der Waals surface area contributed by atoms with Crippen LogP contribution in [0, 0.1) is 25.2 Å². The maximum atomic E-state index is 12.5. The summed E-state index contributed by atoms with van der Waals surface area (Å²) in [6.07, 6.45) is 1.36. The summed E-state index contributed by atoms with van der Waals surface area (Å²) in [4.78, 5) is 23.2. The second kappa shape index (κ2) is 9.62. The molecular weight excluding hydrogens is 396 g/mol. The van der Waals surface area contributed by atoms with Gasteiger partial charge in [0.15, 0.2) is 18.1 Å². The molecule has 2 N–H and O–H groups in total. The molecule has 2 aromatic carbocycles. The number of aliphatic carboxylic acids is 1. The molecule has 0 heterocycles. The number of methoxy groups -OCH3 is 1. The fourth-order valence-electron chi connectivity index (χ4n) is 2.49. The zero-order valence-corrected chi connectivity index (χ0v) is 16.8. The number of carbonyl (C=O) groups is 2. The summed E-state index contributed by atoms with van der Waals surface area (Å²) in [5.41, 5.74) is 2.82. The number of anilines is 1. The predicted molar refractivity (Wildman–Crippen MR) is 109 cm³/mol. The molecule has 2 aromatic rings. The average molecular weight is 415 g/mol. The van der Waals surface area contributed by atoms with Gasteiger partial charge in [0.25, 0.3) is 5.91 Å². The van der Waals surface area contributed by atoms with Gasteiger partial charge < -0.3 is 19.9 Å². The van der Waals surface area contributed by atoms with Crippen molar-refractivity contribution in [2.24, 2.45) is 0 Å². The summed E-state index contributed by atoms with van der Waals surface area (Å²) in [6.45, 7) is 3.21. The standard InChI is InChI=1S/C21H19ClN2O5/c1-12-5-4-6-17(13(12)2)24-21(27)15(10-23)7-14-8-16(22)20(18(9-14)28-3)29-11-19(25)26/h4-9H,11H2,1-3H3,(H,24,27)(H,25,26)/b15-7+. The quantitative estimate of drug-likeness (QED) is 0.524. The lowest BCUT2D eigenvalue weighted by Gasteiger charge is -2.12. The molecule has 29 heavy (non-hydrogen) atoms. The van der Waals surface area contributed by atoms with Crippen LogP contribution in [0.25, 0.3) is 6.08 Å². The molecule has 150 valence electrons. The third-order valence-electron chi connectivity index (χ3n) is 4.12. The van der Waals surface area contributed by atoms with Crippen LogP contribution in [0.3, 0.4) is 0 Å². The van der Waals surface area contributed by atoms with E-state index in [4.69, 9.17) is 26.2 Å². The van der Waals surface area contributed by atoms with Gasteiger partial charge in [0.1, 0.15) is 11.6 Å². The smallest absolute Gasteiger partial charge is 0.341 e. The van der Waals surface area contributed by atoms with Gasteiger partial charge in [0.2, 0.25) is 0 Å². The number of nitrogens with one attached hydrogen (secondary N) is 1. The number of rotatable bonds is 7. The second-order valence-corrected chi connectivity index (χ2v) is 6.50. The molecule has 0 atom stereocenters. The topological polar surface area (TPSA) is 109 Å². The van der Waals surface area contributed by atoms with Gasteiger partial charge in [-0.3, -0.25) is 4.79 Å². The zero-order valence-electron chi connectivity index (χ0n) is 16.1. The normalized spacial score (nSPS) is 10.8. The molecule has 0 radical (unpaired) electrons. The third kappa shape index (κ3) is 5.50. The van der Waals surface area contributed by atoms with Crippen molar-refractivity contribution in [1.29, 1.82) is 5.26 Å². The number of carbonyl (C=O) groups excluding carboxylic acids is 1. The van der Waals surface area contributed by atoms with Gasteiger partial charge in [-0.15, -0.1) is 0 Å². The number of nitriles is 1. The van der Waals surface area contributed by atoms with Crippen molar-refractivity contribution < 1.29 is 24.2 Å². The van der Waals surface area contributed by atoms with Gasteiger partial charge in [-0.2, -0.15) is 5.26 Å². The number of amides is 1. The highest BCUT2D eigenvalue weighted by Gasteiger charge is 2.15. The van der Waals surface area contributed by atoms with Crippen LogP contribution in [-0.4, -0.2) is 30.7 Å². The van der Waals surface area contributed by atoms with Crippen LogP contribution in [-0.2, 0) is 9.59 Å². The van der Waals surface area contributed by atoms with Gasteiger partial charge in [0, 0.05) is 5.69 Å². The lowest BCUT2D eigenvalue weighted by atomic mass is 10.1. The van der Waals surface area contributed by atoms with E-state index in [2.05, 4.69) is 5.32 Å². The highest BCUT2D eigenvalue weighted by atomic mass is 35.5. The zero-order chi connectivity index (χ0) is 21.6. The molecule has 0 saturated carbocycles. The van der Waals surface area contributed by atoms with Crippen LogP contribution < -0.4 is 14.8 Å². The summed E-state index contributed by atoms with van der Waals surface area (Å²) in [5, 5.41) is 21.0. The Morgan fingerprint density at radius 2 is 2.03 bits per heavy atom. The average Bonchev–Trinajstić information content (AvgIpc) is 2.68. The van der Waals surface area contributed by atoms with Crippen molar-refractivity contribution in [3.05, 3.63) is 57.6 Å². The van der Waals surface area contributed by atoms with Gasteiger partial charge in [-0.1, -0.05) is 23.7 Å². The molecule has 0 unspecified atom stereocenters. The number of carboxylic acids is 1. The molecule has 0 bridgehead atoms. The molecule has 0 aliphatic heterocycles. The molecule has 8 heteroatoms. The summed E-state index contributed by atoms with van der Waals surface area (Å²) in [5.74, 6) is -1.49. The van der Waals surface area contributed by atoms with Crippen molar-refractivity contribution in [1.82, 2.24) is 0 Å². The van der Waals surface area contributed by atoms with Crippen LogP contribution in [0.15, 0.2) is 35.9 Å². The molecule has 2 rings (SSSR count). The van der Waals surface area contributed by atoms with E-state index in [0.29, 0.717) is 11.3 Å². The predicted octanol–water partition coefficient (Wildman–Crippen LogP) is 3.97. The van der Waals surface area contributed by atoms with Crippen LogP contribution in [0.5, 0.6) is 11.5 Å². The molecule has 0 fully saturated rings. The monoisotopic (exact) mass is 414 g/mol. The number of benzene rings is 2. The van der Waals surface area contributed by atoms with Gasteiger partial charge in [-0.25, -0.2) is 4.79 Å². The first kappa shape index (κ1) is 21.8. The molecule has 0 aliphatic rings. The number of halogens is 1. The summed E-state index contributed by atoms with van der Waals surface area (Å²) >= 11 is 6.16. The van der Waals surface area contributed by atoms with E-state index >= 15 is 0 Å². The Hall–Kier alpha value is -3.50. The fourth-order valence-corrected chi connectivity index (χ4v) is 2.76. The fraction of sp³-hybridized carbons (Fsp3) is 0.190. The summed E-state index contributed by atoms with van der Waals surface area (Å²) < 4.78 is 10.3. The number of hydrogen-bond donors (Lipinski definition) is 2. The summed E-state index contributed by atoms with van der Waals surface area (Å²) in [6, 6.07) is 10.3. The number of nitrogens with zero attached hydrogens (tertiary/aromatic N) is 1. The highest BCUT2D eigenvalue weighted by Crippen LogP contribution is 2.37. The van der Waals surface area contributed by atoms with E-state index in [0.717, 1.165) is 11.1 Å². The molecule has 0 spiro atoms. The lowest BCUT2D eigenvalue weighted by Crippen LogP contribution is -2.14. The van der Waals surface area contributed by atoms with Crippen LogP contribution >= 0.6 is 11.6 Å². The largest absolute Gasteiger partial charge is 0.493 e. The highest BCUT2D eigenvalue weighted by molar-refractivity contribution is 6.32. The van der Waals surface area contributed by atoms with Gasteiger partial charge in [0.05, 0.1) is 12.1 Å². The molecule has 0 aliphatic carbocycles. The molecule has 1 amide bonds. The molecule has 0 aromatic heterocycles. The Labute approximate surface area is 173 Å². The van der Waals surface area contributed by atoms with Crippen molar-refractivity contribution in [3.63, 3.8) is 0 Å². The van der Waals surface area contributed by atoms with E-state index in [1.165, 1.54) is 25.3 Å². The first-order valence-electron chi connectivity index (χ1n) is 8.48. The number of aryl methyl sites for hydroxylation is 1. The minimum atomic E-state index is -1.16. The van der Waals surface area contributed by atoms with Crippen LogP contribution in [0.2, 0.25) is 5.02 Å². The van der Waals surface area contributed by atoms with E-state index in [1.807, 2.05) is 32.0 Å². The second-order valence-electron chi connectivity index (χ2n) is 6.09. The number of hydrogen-bond acceptors (Lipinski definition) is 5. The third-order valence-corrected chi connectivity index (χ3v) is 4.40. The Balaban J connectivity index is 2.33.